The molecule has 0 aliphatic rings. The first-order chi connectivity index (χ1) is 13.7. The number of nitriles is 3. The van der Waals surface area contributed by atoms with Gasteiger partial charge in [0.15, 0.2) is 19.7 Å². The minimum absolute atomic E-state index is 0.126. The zero-order valence-electron chi connectivity index (χ0n) is 17.4. The Morgan fingerprint density at radius 3 is 1.33 bits per heavy atom. The van der Waals surface area contributed by atoms with Crippen LogP contribution < -0.4 is 9.80 Å². The molecule has 0 aromatic heterocycles. The predicted molar refractivity (Wildman–Crippen MR) is 117 cm³/mol. The third-order valence-electron chi connectivity index (χ3n) is 3.93. The van der Waals surface area contributed by atoms with Crippen molar-refractivity contribution < 1.29 is 16.8 Å². The second-order valence-electron chi connectivity index (χ2n) is 6.81. The van der Waals surface area contributed by atoms with Crippen molar-refractivity contribution in [2.45, 2.75) is 0 Å². The third-order valence-corrected chi connectivity index (χ3v) is 5.95. The summed E-state index contributed by atoms with van der Waals surface area (Å²) in [6, 6.07) is 6.75. The number of hydrogen-bond acceptors (Lipinski definition) is 9. The molecule has 0 heterocycles. The summed E-state index contributed by atoms with van der Waals surface area (Å²) in [7, 11) is -1.10. The van der Waals surface area contributed by atoms with Gasteiger partial charge in [-0.15, -0.1) is 0 Å². The fourth-order valence-corrected chi connectivity index (χ4v) is 3.74. The van der Waals surface area contributed by atoms with E-state index in [4.69, 9.17) is 0 Å². The van der Waals surface area contributed by atoms with Crippen molar-refractivity contribution in [2.24, 2.45) is 0 Å². The Labute approximate surface area is 177 Å². The Bertz CT molecular complexity index is 1180. The molecular formula is C19H21N5O4S2. The van der Waals surface area contributed by atoms with Crippen LogP contribution in [0.15, 0.2) is 15.9 Å². The molecular weight excluding hydrogens is 426 g/mol. The van der Waals surface area contributed by atoms with Gasteiger partial charge in [-0.2, -0.15) is 15.8 Å². The van der Waals surface area contributed by atoms with Crippen molar-refractivity contribution >= 4 is 43.2 Å². The van der Waals surface area contributed by atoms with E-state index in [1.165, 1.54) is 6.07 Å². The maximum Gasteiger partial charge on any atom is 0.185 e. The molecule has 0 radical (unpaired) electrons. The van der Waals surface area contributed by atoms with Crippen LogP contribution in [0.4, 0.5) is 11.4 Å². The smallest absolute Gasteiger partial charge is 0.185 e. The number of rotatable bonds is 6. The lowest BCUT2D eigenvalue weighted by Gasteiger charge is -2.25. The summed E-state index contributed by atoms with van der Waals surface area (Å²) >= 11 is 0. The SMILES string of the molecule is CN(C)c1c(/C=C(\C#N)S(C)(=O)=O)cc(/C=C(\C#N)S(C)(=O)=O)c(N(C)C)c1C#N. The van der Waals surface area contributed by atoms with Crippen LogP contribution >= 0.6 is 0 Å². The van der Waals surface area contributed by atoms with Gasteiger partial charge in [0.05, 0.1) is 16.9 Å². The quantitative estimate of drug-likeness (QED) is 0.592. The van der Waals surface area contributed by atoms with E-state index in [1.54, 1.807) is 50.1 Å². The molecule has 0 aliphatic carbocycles. The van der Waals surface area contributed by atoms with Gasteiger partial charge in [0, 0.05) is 51.8 Å². The van der Waals surface area contributed by atoms with E-state index in [9.17, 15) is 32.6 Å². The Morgan fingerprint density at radius 1 is 0.800 bits per heavy atom. The zero-order valence-corrected chi connectivity index (χ0v) is 19.1. The van der Waals surface area contributed by atoms with Crippen LogP contribution in [0, 0.1) is 34.0 Å². The van der Waals surface area contributed by atoms with Gasteiger partial charge in [-0.3, -0.25) is 0 Å². The van der Waals surface area contributed by atoms with Crippen LogP contribution in [0.1, 0.15) is 16.7 Å². The lowest BCUT2D eigenvalue weighted by molar-refractivity contribution is 0.607. The maximum absolute atomic E-state index is 11.9. The number of anilines is 2. The minimum atomic E-state index is -3.84. The van der Waals surface area contributed by atoms with Gasteiger partial charge in [0.2, 0.25) is 0 Å². The molecule has 11 heteroatoms. The standard InChI is InChI=1S/C19H21N5O4S2/c1-23(2)18-13(8-15(10-20)29(5,25)26)7-14(9-16(11-21)30(6,27)28)19(24(3)4)17(18)12-22/h7-9H,1-6H3/b15-8+,16-9+. The largest absolute Gasteiger partial charge is 0.376 e. The number of sulfone groups is 2. The van der Waals surface area contributed by atoms with Gasteiger partial charge in [-0.25, -0.2) is 16.8 Å². The normalized spacial score (nSPS) is 12.5. The average molecular weight is 448 g/mol. The number of hydrogen-bond donors (Lipinski definition) is 0. The molecule has 0 atom stereocenters. The molecule has 1 aromatic carbocycles. The Morgan fingerprint density at radius 2 is 1.13 bits per heavy atom. The van der Waals surface area contributed by atoms with E-state index in [0.717, 1.165) is 24.7 Å². The Kier molecular flexibility index (Phi) is 7.41. The summed E-state index contributed by atoms with van der Waals surface area (Å²) in [6.45, 7) is 0. The van der Waals surface area contributed by atoms with E-state index in [0.29, 0.717) is 11.4 Å². The minimum Gasteiger partial charge on any atom is -0.376 e. The number of benzene rings is 1. The van der Waals surface area contributed by atoms with Crippen LogP contribution in [-0.4, -0.2) is 57.5 Å². The summed E-state index contributed by atoms with van der Waals surface area (Å²) in [5, 5.41) is 28.4. The molecule has 0 unspecified atom stereocenters. The Hall–Kier alpha value is -3.33. The molecule has 0 fully saturated rings. The zero-order chi connectivity index (χ0) is 23.4. The van der Waals surface area contributed by atoms with Crippen molar-refractivity contribution in [3.8, 4) is 18.2 Å². The summed E-state index contributed by atoms with van der Waals surface area (Å²) in [6.07, 6.45) is 4.01. The second-order valence-corrected chi connectivity index (χ2v) is 10.8. The molecule has 0 N–H and O–H groups in total. The van der Waals surface area contributed by atoms with E-state index >= 15 is 0 Å². The molecule has 1 aromatic rings. The van der Waals surface area contributed by atoms with Gasteiger partial charge < -0.3 is 9.80 Å². The van der Waals surface area contributed by atoms with E-state index in [-0.39, 0.29) is 16.7 Å². The molecule has 0 amide bonds. The van der Waals surface area contributed by atoms with Gasteiger partial charge in [0.1, 0.15) is 28.0 Å². The van der Waals surface area contributed by atoms with E-state index in [2.05, 4.69) is 6.07 Å². The first-order valence-electron chi connectivity index (χ1n) is 8.28. The fourth-order valence-electron chi connectivity index (χ4n) is 2.72. The molecule has 0 bridgehead atoms. The van der Waals surface area contributed by atoms with Crippen molar-refractivity contribution in [1.82, 2.24) is 0 Å². The van der Waals surface area contributed by atoms with Crippen molar-refractivity contribution in [3.63, 3.8) is 0 Å². The summed E-state index contributed by atoms with van der Waals surface area (Å²) in [4.78, 5) is 2.13. The summed E-state index contributed by atoms with van der Waals surface area (Å²) in [5.41, 5.74) is 1.23. The molecule has 0 saturated carbocycles. The maximum atomic E-state index is 11.9. The first-order valence-corrected chi connectivity index (χ1v) is 12.1. The van der Waals surface area contributed by atoms with Gasteiger partial charge in [-0.05, 0) is 18.2 Å². The van der Waals surface area contributed by atoms with Gasteiger partial charge in [-0.1, -0.05) is 0 Å². The molecule has 1 rings (SSSR count). The van der Waals surface area contributed by atoms with Crippen LogP contribution in [-0.2, 0) is 19.7 Å². The molecule has 30 heavy (non-hydrogen) atoms. The summed E-state index contributed by atoms with van der Waals surface area (Å²) < 4.78 is 47.6. The number of nitrogens with zero attached hydrogens (tertiary/aromatic N) is 5. The molecule has 0 spiro atoms. The van der Waals surface area contributed by atoms with Gasteiger partial charge in [0.25, 0.3) is 0 Å². The van der Waals surface area contributed by atoms with Crippen molar-refractivity contribution in [2.75, 3.05) is 50.5 Å². The first kappa shape index (κ1) is 24.7. The van der Waals surface area contributed by atoms with E-state index in [1.807, 2.05) is 0 Å². The molecule has 0 aliphatic heterocycles. The lowest BCUT2D eigenvalue weighted by Crippen LogP contribution is -2.18. The van der Waals surface area contributed by atoms with Gasteiger partial charge >= 0.3 is 0 Å². The fraction of sp³-hybridized carbons (Fsp3) is 0.316. The highest BCUT2D eigenvalue weighted by atomic mass is 32.2. The molecule has 158 valence electrons. The highest BCUT2D eigenvalue weighted by Gasteiger charge is 2.22. The Balaban J connectivity index is 4.29. The number of allylic oxidation sites excluding steroid dienone is 2. The highest BCUT2D eigenvalue weighted by Crippen LogP contribution is 2.38. The van der Waals surface area contributed by atoms with Crippen molar-refractivity contribution in [3.05, 3.63) is 32.6 Å². The average Bonchev–Trinajstić information content (AvgIpc) is 2.60. The topological polar surface area (TPSA) is 146 Å². The predicted octanol–water partition coefficient (Wildman–Crippen LogP) is 1.51. The van der Waals surface area contributed by atoms with E-state index < -0.39 is 29.5 Å². The van der Waals surface area contributed by atoms with Crippen LogP contribution in [0.25, 0.3) is 12.2 Å². The van der Waals surface area contributed by atoms with Crippen LogP contribution in [0.5, 0.6) is 0 Å². The van der Waals surface area contributed by atoms with Crippen molar-refractivity contribution in [1.29, 1.82) is 15.8 Å². The summed E-state index contributed by atoms with van der Waals surface area (Å²) in [5.74, 6) is 0. The second kappa shape index (κ2) is 9.00. The monoisotopic (exact) mass is 447 g/mol. The van der Waals surface area contributed by atoms with Crippen LogP contribution in [0.3, 0.4) is 0 Å². The lowest BCUT2D eigenvalue weighted by atomic mass is 9.97. The molecule has 0 saturated heterocycles. The van der Waals surface area contributed by atoms with Crippen LogP contribution in [0.2, 0.25) is 0 Å². The third kappa shape index (κ3) is 5.38. The highest BCUT2D eigenvalue weighted by molar-refractivity contribution is 7.95. The molecule has 9 nitrogen and oxygen atoms in total.